The number of rotatable bonds is 4. The third-order valence-electron chi connectivity index (χ3n) is 4.73. The molecule has 0 unspecified atom stereocenters. The van der Waals surface area contributed by atoms with Crippen LogP contribution >= 0.6 is 0 Å². The minimum atomic E-state index is -0.418. The highest BCUT2D eigenvalue weighted by molar-refractivity contribution is 5.90. The molecular weight excluding hydrogens is 369 g/mol. The lowest BCUT2D eigenvalue weighted by Gasteiger charge is -2.15. The van der Waals surface area contributed by atoms with Gasteiger partial charge in [0.25, 0.3) is 0 Å². The van der Waals surface area contributed by atoms with Crippen LogP contribution in [-0.4, -0.2) is 38.9 Å². The number of hydrogen-bond donors (Lipinski definition) is 1. The summed E-state index contributed by atoms with van der Waals surface area (Å²) in [5.41, 5.74) is 3.22. The number of carbonyl (C=O) groups is 1. The summed E-state index contributed by atoms with van der Waals surface area (Å²) >= 11 is 0. The van der Waals surface area contributed by atoms with Crippen LogP contribution in [0.15, 0.2) is 67.1 Å². The number of nitrogens with zero attached hydrogens (tertiary/aromatic N) is 4. The molecule has 0 spiro atoms. The van der Waals surface area contributed by atoms with Gasteiger partial charge in [-0.05, 0) is 30.7 Å². The molecule has 0 radical (unpaired) electrons. The largest absolute Gasteiger partial charge is 0.328 e. The summed E-state index contributed by atoms with van der Waals surface area (Å²) in [4.78, 5) is 22.4. The van der Waals surface area contributed by atoms with Crippen molar-refractivity contribution < 1.29 is 9.18 Å². The second kappa shape index (κ2) is 7.71. The average Bonchev–Trinajstić information content (AvgIpc) is 3.18. The Morgan fingerprint density at radius 3 is 2.69 bits per heavy atom. The monoisotopic (exact) mass is 389 g/mol. The van der Waals surface area contributed by atoms with Gasteiger partial charge in [0.2, 0.25) is 5.78 Å². The Bertz CT molecular complexity index is 1170. The smallest absolute Gasteiger partial charge is 0.321 e. The number of amides is 2. The molecule has 2 aromatic carbocycles. The lowest BCUT2D eigenvalue weighted by molar-refractivity contribution is 0.224. The molecule has 4 aromatic rings. The van der Waals surface area contributed by atoms with Crippen molar-refractivity contribution in [1.82, 2.24) is 19.3 Å². The first-order chi connectivity index (χ1) is 14.0. The molecule has 4 rings (SSSR count). The zero-order valence-corrected chi connectivity index (χ0v) is 16.1. The molecule has 0 atom stereocenters. The molecule has 0 bridgehead atoms. The summed E-state index contributed by atoms with van der Waals surface area (Å²) in [7, 11) is 1.69. The van der Waals surface area contributed by atoms with E-state index in [9.17, 15) is 9.18 Å². The third kappa shape index (κ3) is 3.80. The maximum Gasteiger partial charge on any atom is 0.321 e. The molecule has 7 heteroatoms. The van der Waals surface area contributed by atoms with Gasteiger partial charge in [0.15, 0.2) is 0 Å². The normalized spacial score (nSPS) is 10.9. The minimum Gasteiger partial charge on any atom is -0.328 e. The molecule has 0 aliphatic carbocycles. The van der Waals surface area contributed by atoms with E-state index in [-0.39, 0.29) is 6.03 Å². The predicted molar refractivity (Wildman–Crippen MR) is 111 cm³/mol. The Labute approximate surface area is 167 Å². The molecule has 0 saturated heterocycles. The highest BCUT2D eigenvalue weighted by atomic mass is 19.1. The van der Waals surface area contributed by atoms with E-state index in [2.05, 4.69) is 15.3 Å². The van der Waals surface area contributed by atoms with Crippen LogP contribution in [0.4, 0.5) is 14.9 Å². The first-order valence-corrected chi connectivity index (χ1v) is 9.27. The fourth-order valence-corrected chi connectivity index (χ4v) is 2.96. The van der Waals surface area contributed by atoms with E-state index in [1.165, 1.54) is 17.0 Å². The van der Waals surface area contributed by atoms with E-state index in [4.69, 9.17) is 0 Å². The summed E-state index contributed by atoms with van der Waals surface area (Å²) in [6.07, 6.45) is 5.39. The Morgan fingerprint density at radius 2 is 1.93 bits per heavy atom. The second-order valence-corrected chi connectivity index (χ2v) is 6.68. The Hall–Kier alpha value is -3.74. The molecule has 0 saturated carbocycles. The fourth-order valence-electron chi connectivity index (χ4n) is 2.96. The number of halogens is 1. The number of urea groups is 1. The number of fused-ring (bicyclic) bond motifs is 1. The van der Waals surface area contributed by atoms with Gasteiger partial charge in [-0.1, -0.05) is 30.3 Å². The topological polar surface area (TPSA) is 62.5 Å². The summed E-state index contributed by atoms with van der Waals surface area (Å²) in [6.45, 7) is 2.45. The van der Waals surface area contributed by atoms with Crippen molar-refractivity contribution in [1.29, 1.82) is 0 Å². The molecule has 0 aliphatic rings. The maximum absolute atomic E-state index is 14.5. The van der Waals surface area contributed by atoms with Crippen LogP contribution in [-0.2, 0) is 0 Å². The van der Waals surface area contributed by atoms with Crippen molar-refractivity contribution >= 4 is 17.5 Å². The lowest BCUT2D eigenvalue weighted by atomic mass is 10.1. The van der Waals surface area contributed by atoms with Crippen molar-refractivity contribution in [3.05, 3.63) is 72.9 Å². The standard InChI is InChI=1S/C22H20FN5O/c1-3-27(2)22(29)25-17-9-10-19(23)18(11-17)20-14-28-13-16(12-24-21(28)26-20)15-7-5-4-6-8-15/h4-14H,3H2,1-2H3,(H,25,29). The number of anilines is 1. The molecule has 2 heterocycles. The van der Waals surface area contributed by atoms with Crippen LogP contribution in [0.2, 0.25) is 0 Å². The van der Waals surface area contributed by atoms with Crippen LogP contribution < -0.4 is 5.32 Å². The van der Waals surface area contributed by atoms with Gasteiger partial charge in [-0.15, -0.1) is 0 Å². The minimum absolute atomic E-state index is 0.255. The first-order valence-electron chi connectivity index (χ1n) is 9.27. The quantitative estimate of drug-likeness (QED) is 0.551. The summed E-state index contributed by atoms with van der Waals surface area (Å²) < 4.78 is 16.3. The fraction of sp³-hybridized carbons (Fsp3) is 0.136. The number of imidazole rings is 1. The van der Waals surface area contributed by atoms with E-state index >= 15 is 0 Å². The number of aromatic nitrogens is 3. The number of benzene rings is 2. The first kappa shape index (κ1) is 18.6. The Balaban J connectivity index is 1.69. The lowest BCUT2D eigenvalue weighted by Crippen LogP contribution is -2.30. The van der Waals surface area contributed by atoms with Crippen LogP contribution in [0, 0.1) is 5.82 Å². The van der Waals surface area contributed by atoms with Crippen molar-refractivity contribution in [2.45, 2.75) is 6.92 Å². The van der Waals surface area contributed by atoms with E-state index in [1.54, 1.807) is 29.9 Å². The highest BCUT2D eigenvalue weighted by Gasteiger charge is 2.14. The molecule has 29 heavy (non-hydrogen) atoms. The maximum atomic E-state index is 14.5. The van der Waals surface area contributed by atoms with Gasteiger partial charge < -0.3 is 10.2 Å². The number of nitrogens with one attached hydrogen (secondary N) is 1. The molecule has 0 aliphatic heterocycles. The molecule has 2 aromatic heterocycles. The van der Waals surface area contributed by atoms with Gasteiger partial charge in [-0.2, -0.15) is 0 Å². The van der Waals surface area contributed by atoms with Gasteiger partial charge in [0.1, 0.15) is 5.82 Å². The van der Waals surface area contributed by atoms with Crippen LogP contribution in [0.1, 0.15) is 6.92 Å². The molecule has 1 N–H and O–H groups in total. The van der Waals surface area contributed by atoms with E-state index in [1.807, 2.05) is 43.5 Å². The third-order valence-corrected chi connectivity index (χ3v) is 4.73. The zero-order valence-electron chi connectivity index (χ0n) is 16.1. The molecule has 6 nitrogen and oxygen atoms in total. The Morgan fingerprint density at radius 1 is 1.14 bits per heavy atom. The van der Waals surface area contributed by atoms with Gasteiger partial charge in [0.05, 0.1) is 5.69 Å². The van der Waals surface area contributed by atoms with E-state index in [0.29, 0.717) is 29.3 Å². The summed E-state index contributed by atoms with van der Waals surface area (Å²) in [5.74, 6) is 0.0535. The summed E-state index contributed by atoms with van der Waals surface area (Å²) in [5, 5.41) is 2.76. The molecule has 2 amide bonds. The highest BCUT2D eigenvalue weighted by Crippen LogP contribution is 2.26. The van der Waals surface area contributed by atoms with E-state index < -0.39 is 5.82 Å². The van der Waals surface area contributed by atoms with Gasteiger partial charge >= 0.3 is 6.03 Å². The Kier molecular flexibility index (Phi) is 4.95. The zero-order chi connectivity index (χ0) is 20.4. The summed E-state index contributed by atoms with van der Waals surface area (Å²) in [6, 6.07) is 14.1. The number of carbonyl (C=O) groups excluding carboxylic acids is 1. The van der Waals surface area contributed by atoms with Gasteiger partial charge in [0, 0.05) is 49.0 Å². The van der Waals surface area contributed by atoms with Crippen molar-refractivity contribution in [2.24, 2.45) is 0 Å². The second-order valence-electron chi connectivity index (χ2n) is 6.68. The van der Waals surface area contributed by atoms with Crippen LogP contribution in [0.5, 0.6) is 0 Å². The van der Waals surface area contributed by atoms with Crippen molar-refractivity contribution in [3.8, 4) is 22.4 Å². The molecular formula is C22H20FN5O. The average molecular weight is 389 g/mol. The SMILES string of the molecule is CCN(C)C(=O)Nc1ccc(F)c(-c2cn3cc(-c4ccccc4)cnc3n2)c1. The van der Waals surface area contributed by atoms with E-state index in [0.717, 1.165) is 11.1 Å². The number of hydrogen-bond acceptors (Lipinski definition) is 3. The van der Waals surface area contributed by atoms with Crippen LogP contribution in [0.3, 0.4) is 0 Å². The van der Waals surface area contributed by atoms with Gasteiger partial charge in [-0.25, -0.2) is 19.2 Å². The van der Waals surface area contributed by atoms with Crippen molar-refractivity contribution in [3.63, 3.8) is 0 Å². The molecule has 0 fully saturated rings. The van der Waals surface area contributed by atoms with Crippen molar-refractivity contribution in [2.75, 3.05) is 18.9 Å². The van der Waals surface area contributed by atoms with Crippen LogP contribution in [0.25, 0.3) is 28.2 Å². The van der Waals surface area contributed by atoms with Gasteiger partial charge in [-0.3, -0.25) is 4.40 Å². The predicted octanol–water partition coefficient (Wildman–Crippen LogP) is 4.69. The molecule has 146 valence electrons.